The van der Waals surface area contributed by atoms with Gasteiger partial charge in [0.15, 0.2) is 0 Å². The summed E-state index contributed by atoms with van der Waals surface area (Å²) in [5.41, 5.74) is 5.15. The van der Waals surface area contributed by atoms with Crippen LogP contribution in [-0.4, -0.2) is 81.3 Å². The monoisotopic (exact) mass is 658 g/mol. The number of unbranched alkanes of at least 4 members (excludes halogenated alkanes) is 1. The van der Waals surface area contributed by atoms with Crippen molar-refractivity contribution >= 4 is 70.8 Å². The number of amides is 9. The lowest BCUT2D eigenvalue weighted by Crippen LogP contribution is -2.54. The lowest BCUT2D eigenvalue weighted by molar-refractivity contribution is -0.136. The Morgan fingerprint density at radius 2 is 1.38 bits per heavy atom. The van der Waals surface area contributed by atoms with Crippen molar-refractivity contribution in [3.8, 4) is 0 Å². The first kappa shape index (κ1) is 33.3. The second-order valence-corrected chi connectivity index (χ2v) is 11.4. The van der Waals surface area contributed by atoms with Gasteiger partial charge < -0.3 is 21.2 Å². The molecule has 2 aromatic rings. The average Bonchev–Trinajstić information content (AvgIpc) is 3.45. The zero-order valence-electron chi connectivity index (χ0n) is 25.4. The summed E-state index contributed by atoms with van der Waals surface area (Å²) in [6, 6.07) is 6.26. The Morgan fingerprint density at radius 1 is 0.812 bits per heavy atom. The van der Waals surface area contributed by atoms with Gasteiger partial charge in [0, 0.05) is 25.7 Å². The maximum atomic E-state index is 13.2. The highest BCUT2D eigenvalue weighted by atomic mass is 16.2. The average molecular weight is 659 g/mol. The predicted octanol–water partition coefficient (Wildman–Crippen LogP) is 0.654. The third-order valence-electron chi connectivity index (χ3n) is 8.20. The first-order valence-electron chi connectivity index (χ1n) is 15.1. The Hall–Kier alpha value is -6.06. The van der Waals surface area contributed by atoms with Crippen LogP contribution >= 0.6 is 0 Å². The highest BCUT2D eigenvalue weighted by molar-refractivity contribution is 6.26. The van der Waals surface area contributed by atoms with Crippen LogP contribution in [0.15, 0.2) is 36.4 Å². The molecule has 0 bridgehead atoms. The number of anilines is 2. The smallest absolute Gasteiger partial charge is 0.264 e. The number of hydrogen-bond acceptors (Lipinski definition) is 10. The molecule has 0 aromatic heterocycles. The van der Waals surface area contributed by atoms with Crippen molar-refractivity contribution < 1.29 is 47.9 Å². The SMILES string of the molecule is NC(=O)CCC(C=O)N1C(=O)c2cccc(NC(=O)CCCCC(=O)Nc3cccc4c3C(=O)N(C3CCC(=O)NC3=O)C4=O)c2C1=O. The minimum atomic E-state index is -1.21. The molecule has 48 heavy (non-hydrogen) atoms. The van der Waals surface area contributed by atoms with Crippen LogP contribution in [0.5, 0.6) is 0 Å². The fraction of sp³-hybridized carbons (Fsp3) is 0.312. The molecule has 0 spiro atoms. The molecule has 1 fully saturated rings. The normalized spacial score (nSPS) is 17.5. The fourth-order valence-corrected chi connectivity index (χ4v) is 5.87. The molecular formula is C32H30N6O10. The molecule has 3 aliphatic rings. The molecule has 248 valence electrons. The van der Waals surface area contributed by atoms with Gasteiger partial charge in [-0.2, -0.15) is 0 Å². The highest BCUT2D eigenvalue weighted by Gasteiger charge is 2.46. The van der Waals surface area contributed by atoms with E-state index in [4.69, 9.17) is 5.73 Å². The van der Waals surface area contributed by atoms with E-state index in [1.807, 2.05) is 0 Å². The van der Waals surface area contributed by atoms with E-state index in [1.165, 1.54) is 36.4 Å². The molecule has 1 saturated heterocycles. The number of imide groups is 3. The van der Waals surface area contributed by atoms with Gasteiger partial charge in [0.2, 0.25) is 29.5 Å². The van der Waals surface area contributed by atoms with Gasteiger partial charge in [0.1, 0.15) is 12.3 Å². The van der Waals surface area contributed by atoms with Gasteiger partial charge >= 0.3 is 0 Å². The summed E-state index contributed by atoms with van der Waals surface area (Å²) >= 11 is 0. The molecule has 0 aliphatic carbocycles. The summed E-state index contributed by atoms with van der Waals surface area (Å²) in [5.74, 6) is -5.94. The molecule has 3 aliphatic heterocycles. The van der Waals surface area contributed by atoms with Crippen molar-refractivity contribution in [1.29, 1.82) is 0 Å². The van der Waals surface area contributed by atoms with Crippen LogP contribution < -0.4 is 21.7 Å². The van der Waals surface area contributed by atoms with Crippen LogP contribution in [0, 0.1) is 0 Å². The first-order chi connectivity index (χ1) is 22.9. The highest BCUT2D eigenvalue weighted by Crippen LogP contribution is 2.33. The van der Waals surface area contributed by atoms with E-state index in [2.05, 4.69) is 16.0 Å². The number of nitrogens with two attached hydrogens (primary N) is 1. The summed E-state index contributed by atoms with van der Waals surface area (Å²) in [4.78, 5) is 126. The van der Waals surface area contributed by atoms with Crippen molar-refractivity contribution in [3.63, 3.8) is 0 Å². The number of benzene rings is 2. The number of primary amides is 1. The van der Waals surface area contributed by atoms with Crippen LogP contribution in [0.25, 0.3) is 0 Å². The van der Waals surface area contributed by atoms with Crippen LogP contribution in [-0.2, 0) is 28.8 Å². The molecule has 0 radical (unpaired) electrons. The van der Waals surface area contributed by atoms with Crippen LogP contribution in [0.2, 0.25) is 0 Å². The van der Waals surface area contributed by atoms with Crippen molar-refractivity contribution in [1.82, 2.24) is 15.1 Å². The molecule has 9 amide bonds. The van der Waals surface area contributed by atoms with Gasteiger partial charge in [0.25, 0.3) is 23.6 Å². The maximum absolute atomic E-state index is 13.2. The van der Waals surface area contributed by atoms with Crippen LogP contribution in [0.3, 0.4) is 0 Å². The number of nitrogens with zero attached hydrogens (tertiary/aromatic N) is 2. The molecule has 5 N–H and O–H groups in total. The van der Waals surface area contributed by atoms with Crippen molar-refractivity contribution in [2.75, 3.05) is 10.6 Å². The lowest BCUT2D eigenvalue weighted by Gasteiger charge is -2.27. The second kappa shape index (κ2) is 13.7. The van der Waals surface area contributed by atoms with E-state index in [0.717, 1.165) is 9.80 Å². The molecular weight excluding hydrogens is 628 g/mol. The third-order valence-corrected chi connectivity index (χ3v) is 8.20. The standard InChI is InChI=1S/C32H30N6O10/c33-22(40)13-11-16(15-39)37-29(45)17-5-3-7-19(26(17)31(37)47)34-23(41)9-1-2-10-24(42)35-20-8-4-6-18-27(20)32(48)38(30(18)46)21-12-14-25(43)36-28(21)44/h3-8,15-16,21H,1-2,9-14H2,(H2,33,40)(H,34,41)(H,35,42)(H,36,43,44). The zero-order chi connectivity index (χ0) is 34.7. The number of rotatable bonds is 13. The van der Waals surface area contributed by atoms with E-state index < -0.39 is 65.2 Å². The summed E-state index contributed by atoms with van der Waals surface area (Å²) < 4.78 is 0. The zero-order valence-corrected chi connectivity index (χ0v) is 25.4. The molecule has 2 unspecified atom stereocenters. The lowest BCUT2D eigenvalue weighted by atomic mass is 10.0. The number of aldehydes is 1. The quantitative estimate of drug-likeness (QED) is 0.133. The van der Waals surface area contributed by atoms with Gasteiger partial charge in [0.05, 0.1) is 39.7 Å². The molecule has 0 saturated carbocycles. The Balaban J connectivity index is 1.14. The molecule has 3 heterocycles. The minimum absolute atomic E-state index is 0.00629. The number of hydrogen-bond donors (Lipinski definition) is 4. The van der Waals surface area contributed by atoms with Gasteiger partial charge in [-0.3, -0.25) is 58.3 Å². The molecule has 2 atom stereocenters. The molecule has 16 nitrogen and oxygen atoms in total. The Morgan fingerprint density at radius 3 is 1.92 bits per heavy atom. The summed E-state index contributed by atoms with van der Waals surface area (Å²) in [6.45, 7) is 0. The van der Waals surface area contributed by atoms with Crippen LogP contribution in [0.1, 0.15) is 92.8 Å². The van der Waals surface area contributed by atoms with E-state index in [1.54, 1.807) is 0 Å². The number of nitrogens with one attached hydrogen (secondary N) is 3. The van der Waals surface area contributed by atoms with Crippen molar-refractivity contribution in [3.05, 3.63) is 58.7 Å². The summed E-state index contributed by atoms with van der Waals surface area (Å²) in [7, 11) is 0. The Kier molecular flexibility index (Phi) is 9.54. The van der Waals surface area contributed by atoms with Crippen molar-refractivity contribution in [2.45, 2.75) is 63.5 Å². The number of piperidine rings is 1. The third kappa shape index (κ3) is 6.44. The topological polar surface area (TPSA) is 239 Å². The van der Waals surface area contributed by atoms with Gasteiger partial charge in [-0.25, -0.2) is 0 Å². The van der Waals surface area contributed by atoms with E-state index in [0.29, 0.717) is 6.29 Å². The van der Waals surface area contributed by atoms with Gasteiger partial charge in [-0.15, -0.1) is 0 Å². The van der Waals surface area contributed by atoms with E-state index in [9.17, 15) is 47.9 Å². The largest absolute Gasteiger partial charge is 0.370 e. The molecule has 16 heteroatoms. The van der Waals surface area contributed by atoms with E-state index >= 15 is 0 Å². The predicted molar refractivity (Wildman–Crippen MR) is 164 cm³/mol. The number of carbonyl (C=O) groups is 10. The second-order valence-electron chi connectivity index (χ2n) is 11.4. The minimum Gasteiger partial charge on any atom is -0.370 e. The fourth-order valence-electron chi connectivity index (χ4n) is 5.87. The van der Waals surface area contributed by atoms with Gasteiger partial charge in [-0.1, -0.05) is 12.1 Å². The Bertz CT molecular complexity index is 1800. The maximum Gasteiger partial charge on any atom is 0.264 e. The molecule has 2 aromatic carbocycles. The van der Waals surface area contributed by atoms with Gasteiger partial charge in [-0.05, 0) is 49.9 Å². The van der Waals surface area contributed by atoms with E-state index in [-0.39, 0.29) is 85.0 Å². The number of carbonyl (C=O) groups excluding carboxylic acids is 10. The molecule has 5 rings (SSSR count). The Labute approximate surface area is 272 Å². The summed E-state index contributed by atoms with van der Waals surface area (Å²) in [5, 5.41) is 7.34. The number of fused-ring (bicyclic) bond motifs is 2. The van der Waals surface area contributed by atoms with Crippen molar-refractivity contribution in [2.24, 2.45) is 5.73 Å². The van der Waals surface area contributed by atoms with Crippen LogP contribution in [0.4, 0.5) is 11.4 Å². The first-order valence-corrected chi connectivity index (χ1v) is 15.1. The summed E-state index contributed by atoms with van der Waals surface area (Å²) in [6.07, 6.45) is 0.404.